The lowest BCUT2D eigenvalue weighted by molar-refractivity contribution is 0.231. The summed E-state index contributed by atoms with van der Waals surface area (Å²) < 4.78 is 18.9. The predicted octanol–water partition coefficient (Wildman–Crippen LogP) is 9.51. The Balaban J connectivity index is 3.71. The Labute approximate surface area is 240 Å². The van der Waals surface area contributed by atoms with Crippen LogP contribution in [0.5, 0.6) is 5.75 Å². The fraction of sp³-hybridized carbons (Fsp3) is 0.812. The van der Waals surface area contributed by atoms with Gasteiger partial charge in [0.2, 0.25) is 0 Å². The zero-order valence-corrected chi connectivity index (χ0v) is 27.3. The first-order valence-corrected chi connectivity index (χ1v) is 17.7. The van der Waals surface area contributed by atoms with Crippen molar-refractivity contribution in [3.8, 4) is 5.75 Å². The number of unbranched alkanes of at least 4 members (excludes halogenated alkanes) is 5. The van der Waals surface area contributed by atoms with Crippen molar-refractivity contribution in [3.63, 3.8) is 0 Å². The first-order chi connectivity index (χ1) is 18.7. The summed E-state index contributed by atoms with van der Waals surface area (Å²) in [5.41, 5.74) is 3.57. The molecule has 228 valence electrons. The van der Waals surface area contributed by atoms with Crippen molar-refractivity contribution >= 4 is 19.1 Å². The number of ether oxygens (including phenoxy) is 1. The minimum absolute atomic E-state index is 0.506. The third-order valence-corrected chi connectivity index (χ3v) is 8.60. The van der Waals surface area contributed by atoms with Gasteiger partial charge in [0.25, 0.3) is 0 Å². The SMILES string of the molecule is CCCCCCN(CC(CC)CCCC)c1c(CC)c(NP(=O)(O)O)cc(CC)c1OCC(CC)CCCC. The maximum atomic E-state index is 12.1. The number of benzene rings is 1. The molecular weight excluding hydrogens is 507 g/mol. The van der Waals surface area contributed by atoms with E-state index < -0.39 is 7.75 Å². The van der Waals surface area contributed by atoms with Crippen LogP contribution in [-0.4, -0.2) is 29.5 Å². The molecule has 0 aromatic heterocycles. The Morgan fingerprint density at radius 3 is 1.97 bits per heavy atom. The number of hydrogen-bond acceptors (Lipinski definition) is 3. The molecular formula is C32H61N2O4P. The van der Waals surface area contributed by atoms with Gasteiger partial charge in [-0.2, -0.15) is 0 Å². The molecule has 1 aromatic rings. The van der Waals surface area contributed by atoms with Crippen molar-refractivity contribution in [2.45, 2.75) is 138 Å². The van der Waals surface area contributed by atoms with Crippen LogP contribution in [-0.2, 0) is 17.4 Å². The van der Waals surface area contributed by atoms with Gasteiger partial charge in [-0.15, -0.1) is 0 Å². The van der Waals surface area contributed by atoms with Gasteiger partial charge in [0.1, 0.15) is 5.75 Å². The lowest BCUT2D eigenvalue weighted by Gasteiger charge is -2.35. The Hall–Kier alpha value is -1.23. The van der Waals surface area contributed by atoms with Crippen LogP contribution in [0.15, 0.2) is 6.07 Å². The molecule has 0 saturated carbocycles. The summed E-state index contributed by atoms with van der Waals surface area (Å²) in [5.74, 6) is 2.01. The van der Waals surface area contributed by atoms with Crippen LogP contribution in [0.25, 0.3) is 0 Å². The third kappa shape index (κ3) is 12.9. The van der Waals surface area contributed by atoms with E-state index in [1.54, 1.807) is 0 Å². The van der Waals surface area contributed by atoms with Crippen LogP contribution < -0.4 is 14.7 Å². The number of anilines is 2. The van der Waals surface area contributed by atoms with E-state index >= 15 is 0 Å². The average Bonchev–Trinajstić information content (AvgIpc) is 2.91. The summed E-state index contributed by atoms with van der Waals surface area (Å²) >= 11 is 0. The topological polar surface area (TPSA) is 82.0 Å². The fourth-order valence-electron chi connectivity index (χ4n) is 5.47. The molecule has 1 aromatic carbocycles. The Bertz CT molecular complexity index is 842. The second-order valence-electron chi connectivity index (χ2n) is 11.3. The molecule has 0 spiro atoms. The summed E-state index contributed by atoms with van der Waals surface area (Å²) in [4.78, 5) is 22.3. The van der Waals surface area contributed by atoms with E-state index in [1.165, 1.54) is 51.4 Å². The monoisotopic (exact) mass is 568 g/mol. The van der Waals surface area contributed by atoms with Crippen LogP contribution in [0.1, 0.15) is 137 Å². The molecule has 0 bridgehead atoms. The third-order valence-electron chi connectivity index (χ3n) is 8.06. The highest BCUT2D eigenvalue weighted by Gasteiger charge is 2.27. The van der Waals surface area contributed by atoms with Gasteiger partial charge in [-0.3, -0.25) is 5.09 Å². The number of aryl methyl sites for hydroxylation is 1. The molecule has 0 heterocycles. The van der Waals surface area contributed by atoms with E-state index in [2.05, 4.69) is 58.5 Å². The summed E-state index contributed by atoms with van der Waals surface area (Å²) in [5, 5.41) is 2.56. The quantitative estimate of drug-likeness (QED) is 0.0901. The van der Waals surface area contributed by atoms with Gasteiger partial charge in [-0.05, 0) is 55.6 Å². The summed E-state index contributed by atoms with van der Waals surface area (Å²) in [7, 11) is -4.46. The molecule has 3 N–H and O–H groups in total. The van der Waals surface area contributed by atoms with Crippen LogP contribution in [0.2, 0.25) is 0 Å². The van der Waals surface area contributed by atoms with E-state index in [0.29, 0.717) is 30.6 Å². The van der Waals surface area contributed by atoms with E-state index in [0.717, 1.165) is 67.8 Å². The number of nitrogens with zero attached hydrogens (tertiary/aromatic N) is 1. The highest BCUT2D eigenvalue weighted by Crippen LogP contribution is 2.46. The molecule has 0 saturated heterocycles. The molecule has 0 amide bonds. The molecule has 7 heteroatoms. The molecule has 0 radical (unpaired) electrons. The smallest absolute Gasteiger partial charge is 0.427 e. The van der Waals surface area contributed by atoms with Gasteiger partial charge >= 0.3 is 7.75 Å². The summed E-state index contributed by atoms with van der Waals surface area (Å²) in [6.07, 6.45) is 15.5. The Kier molecular flexibility index (Phi) is 18.2. The first-order valence-electron chi connectivity index (χ1n) is 16.1. The van der Waals surface area contributed by atoms with E-state index in [4.69, 9.17) is 4.74 Å². The predicted molar refractivity (Wildman–Crippen MR) is 169 cm³/mol. The molecule has 0 aliphatic carbocycles. The van der Waals surface area contributed by atoms with E-state index in [1.807, 2.05) is 6.07 Å². The Morgan fingerprint density at radius 1 is 0.846 bits per heavy atom. The number of hydrogen-bond donors (Lipinski definition) is 3. The molecule has 2 atom stereocenters. The summed E-state index contributed by atoms with van der Waals surface area (Å²) in [6, 6.07) is 1.92. The van der Waals surface area contributed by atoms with Gasteiger partial charge in [0, 0.05) is 24.3 Å². The van der Waals surface area contributed by atoms with Gasteiger partial charge in [-0.1, -0.05) is 106 Å². The molecule has 2 unspecified atom stereocenters. The van der Waals surface area contributed by atoms with Gasteiger partial charge < -0.3 is 19.4 Å². The van der Waals surface area contributed by atoms with Crippen LogP contribution >= 0.6 is 7.75 Å². The highest BCUT2D eigenvalue weighted by molar-refractivity contribution is 7.53. The average molecular weight is 569 g/mol. The Morgan fingerprint density at radius 2 is 1.46 bits per heavy atom. The van der Waals surface area contributed by atoms with Crippen LogP contribution in [0.3, 0.4) is 0 Å². The molecule has 39 heavy (non-hydrogen) atoms. The van der Waals surface area contributed by atoms with Crippen molar-refractivity contribution in [3.05, 3.63) is 17.2 Å². The standard InChI is InChI=1S/C32H61N2O4P/c1-8-15-18-19-22-34(24-26(11-4)20-16-9-2)31-29(14-7)30(33-39(35,36)37)23-28(13-6)32(31)38-25-27(12-5)21-17-10-3/h23,26-27H,8-22,24-25H2,1-7H3,(H3,33,35,36,37). The van der Waals surface area contributed by atoms with E-state index in [9.17, 15) is 14.4 Å². The van der Waals surface area contributed by atoms with Crippen molar-refractivity contribution < 1.29 is 19.1 Å². The fourth-order valence-corrected chi connectivity index (χ4v) is 5.98. The minimum atomic E-state index is -4.46. The normalized spacial score (nSPS) is 13.4. The van der Waals surface area contributed by atoms with Crippen LogP contribution in [0.4, 0.5) is 11.4 Å². The molecule has 6 nitrogen and oxygen atoms in total. The van der Waals surface area contributed by atoms with Gasteiger partial charge in [0.05, 0.1) is 12.3 Å². The van der Waals surface area contributed by atoms with Crippen LogP contribution in [0, 0.1) is 11.8 Å². The molecule has 1 rings (SSSR count). The maximum absolute atomic E-state index is 12.1. The first kappa shape index (κ1) is 35.8. The van der Waals surface area contributed by atoms with Crippen molar-refractivity contribution in [2.24, 2.45) is 11.8 Å². The highest BCUT2D eigenvalue weighted by atomic mass is 31.2. The molecule has 0 aliphatic rings. The maximum Gasteiger partial charge on any atom is 0.427 e. The van der Waals surface area contributed by atoms with Crippen molar-refractivity contribution in [1.82, 2.24) is 0 Å². The number of rotatable bonds is 23. The van der Waals surface area contributed by atoms with Gasteiger partial charge in [-0.25, -0.2) is 4.57 Å². The second-order valence-corrected chi connectivity index (χ2v) is 12.6. The van der Waals surface area contributed by atoms with E-state index in [-0.39, 0.29) is 0 Å². The number of nitrogens with one attached hydrogen (secondary N) is 1. The lowest BCUT2D eigenvalue weighted by Crippen LogP contribution is -2.32. The van der Waals surface area contributed by atoms with Gasteiger partial charge in [0.15, 0.2) is 0 Å². The minimum Gasteiger partial charge on any atom is -0.491 e. The molecule has 0 fully saturated rings. The lowest BCUT2D eigenvalue weighted by atomic mass is 9.95. The molecule has 0 aliphatic heterocycles. The zero-order chi connectivity index (χ0) is 29.3. The van der Waals surface area contributed by atoms with Crippen molar-refractivity contribution in [1.29, 1.82) is 0 Å². The second kappa shape index (κ2) is 19.8. The van der Waals surface area contributed by atoms with Crippen molar-refractivity contribution in [2.75, 3.05) is 29.7 Å². The zero-order valence-electron chi connectivity index (χ0n) is 26.4. The summed E-state index contributed by atoms with van der Waals surface area (Å²) in [6.45, 7) is 18.0. The largest absolute Gasteiger partial charge is 0.491 e.